The Balaban J connectivity index is 0. The monoisotopic (exact) mass is 310 g/mol. The summed E-state index contributed by atoms with van der Waals surface area (Å²) >= 11 is 0. The van der Waals surface area contributed by atoms with Crippen LogP contribution in [0.2, 0.25) is 0 Å². The van der Waals surface area contributed by atoms with Crippen LogP contribution >= 0.6 is 0 Å². The van der Waals surface area contributed by atoms with Gasteiger partial charge in [-0.15, -0.1) is 0 Å². The van der Waals surface area contributed by atoms with E-state index in [9.17, 15) is 14.7 Å². The molecule has 126 valence electrons. The van der Waals surface area contributed by atoms with Crippen molar-refractivity contribution in [3.05, 3.63) is 35.9 Å². The van der Waals surface area contributed by atoms with Crippen molar-refractivity contribution in [3.63, 3.8) is 0 Å². The molecule has 0 saturated heterocycles. The zero-order valence-electron chi connectivity index (χ0n) is 14.4. The molecule has 2 N–H and O–H groups in total. The van der Waals surface area contributed by atoms with E-state index in [0.29, 0.717) is 26.0 Å². The van der Waals surface area contributed by atoms with Crippen molar-refractivity contribution in [1.82, 2.24) is 10.2 Å². The first kappa shape index (κ1) is 22.4. The highest BCUT2D eigenvalue weighted by Crippen LogP contribution is 2.20. The van der Waals surface area contributed by atoms with Gasteiger partial charge in [0.15, 0.2) is 0 Å². The third kappa shape index (κ3) is 8.42. The van der Waals surface area contributed by atoms with E-state index in [1.165, 1.54) is 0 Å². The number of amides is 1. The highest BCUT2D eigenvalue weighted by molar-refractivity contribution is 5.75. The number of benzene rings is 1. The number of carboxylic acid groups (broad SMARTS) is 1. The Morgan fingerprint density at radius 2 is 1.77 bits per heavy atom. The summed E-state index contributed by atoms with van der Waals surface area (Å²) in [4.78, 5) is 23.4. The Morgan fingerprint density at radius 1 is 1.23 bits per heavy atom. The summed E-state index contributed by atoms with van der Waals surface area (Å²) in [6.45, 7) is 11.4. The fourth-order valence-corrected chi connectivity index (χ4v) is 1.88. The third-order valence-corrected chi connectivity index (χ3v) is 2.75. The van der Waals surface area contributed by atoms with Gasteiger partial charge in [0.1, 0.15) is 6.04 Å². The molecule has 0 fully saturated rings. The molecule has 5 heteroatoms. The molecule has 1 amide bonds. The van der Waals surface area contributed by atoms with Gasteiger partial charge >= 0.3 is 5.97 Å². The minimum atomic E-state index is -0.880. The second-order valence-electron chi connectivity index (χ2n) is 3.85. The second kappa shape index (κ2) is 15.5. The van der Waals surface area contributed by atoms with Crippen LogP contribution in [0.4, 0.5) is 0 Å². The number of aliphatic carboxylic acids is 1. The number of carbonyl (C=O) groups excluding carboxylic acids is 1. The average molecular weight is 310 g/mol. The van der Waals surface area contributed by atoms with E-state index < -0.39 is 12.0 Å². The van der Waals surface area contributed by atoms with Crippen LogP contribution in [0, 0.1) is 0 Å². The fourth-order valence-electron chi connectivity index (χ4n) is 1.88. The van der Waals surface area contributed by atoms with Crippen molar-refractivity contribution in [2.75, 3.05) is 19.6 Å². The largest absolute Gasteiger partial charge is 0.480 e. The standard InChI is InChI=1S/C13H18N2O3.2C2H6/c1-2-15(9-8-14-10-16)12(13(17)18)11-6-4-3-5-7-11;2*1-2/h3-7,10,12H,2,8-9H2,1H3,(H,14,16)(H,17,18);2*1-2H3. The second-order valence-corrected chi connectivity index (χ2v) is 3.85. The molecular weight excluding hydrogens is 280 g/mol. The topological polar surface area (TPSA) is 69.6 Å². The van der Waals surface area contributed by atoms with E-state index >= 15 is 0 Å². The zero-order valence-corrected chi connectivity index (χ0v) is 14.4. The summed E-state index contributed by atoms with van der Waals surface area (Å²) in [5.74, 6) is -0.880. The van der Waals surface area contributed by atoms with Gasteiger partial charge in [0.25, 0.3) is 0 Å². The molecule has 0 heterocycles. The molecule has 0 aliphatic carbocycles. The Bertz CT molecular complexity index is 383. The number of nitrogens with one attached hydrogen (secondary N) is 1. The van der Waals surface area contributed by atoms with Crippen molar-refractivity contribution < 1.29 is 14.7 Å². The van der Waals surface area contributed by atoms with Gasteiger partial charge in [0, 0.05) is 13.1 Å². The molecule has 1 aromatic carbocycles. The number of hydrogen-bond acceptors (Lipinski definition) is 3. The number of hydrogen-bond donors (Lipinski definition) is 2. The lowest BCUT2D eigenvalue weighted by Gasteiger charge is -2.27. The molecule has 1 aromatic rings. The summed E-state index contributed by atoms with van der Waals surface area (Å²) in [5.41, 5.74) is 0.748. The van der Waals surface area contributed by atoms with Gasteiger partial charge in [-0.2, -0.15) is 0 Å². The van der Waals surface area contributed by atoms with Gasteiger partial charge in [-0.25, -0.2) is 0 Å². The molecular formula is C17H30N2O3. The van der Waals surface area contributed by atoms with E-state index in [-0.39, 0.29) is 0 Å². The van der Waals surface area contributed by atoms with Gasteiger partial charge in [0.05, 0.1) is 0 Å². The number of carbonyl (C=O) groups is 2. The third-order valence-electron chi connectivity index (χ3n) is 2.75. The van der Waals surface area contributed by atoms with Crippen molar-refractivity contribution in [2.45, 2.75) is 40.7 Å². The van der Waals surface area contributed by atoms with Crippen LogP contribution in [0.5, 0.6) is 0 Å². The van der Waals surface area contributed by atoms with E-state index in [4.69, 9.17) is 0 Å². The molecule has 1 atom stereocenters. The molecule has 0 saturated carbocycles. The molecule has 0 bridgehead atoms. The normalized spacial score (nSPS) is 10.5. The lowest BCUT2D eigenvalue weighted by molar-refractivity contribution is -0.143. The van der Waals surface area contributed by atoms with Crippen molar-refractivity contribution in [2.24, 2.45) is 0 Å². The molecule has 1 unspecified atom stereocenters. The maximum Gasteiger partial charge on any atom is 0.325 e. The average Bonchev–Trinajstić information content (AvgIpc) is 2.58. The number of carboxylic acids is 1. The lowest BCUT2D eigenvalue weighted by Crippen LogP contribution is -2.38. The molecule has 0 radical (unpaired) electrons. The summed E-state index contributed by atoms with van der Waals surface area (Å²) in [6, 6.07) is 8.42. The predicted molar refractivity (Wildman–Crippen MR) is 90.8 cm³/mol. The molecule has 0 aromatic heterocycles. The van der Waals surface area contributed by atoms with Gasteiger partial charge in [-0.3, -0.25) is 14.5 Å². The van der Waals surface area contributed by atoms with Crippen molar-refractivity contribution >= 4 is 12.4 Å². The quantitative estimate of drug-likeness (QED) is 0.572. The van der Waals surface area contributed by atoms with E-state index in [2.05, 4.69) is 5.32 Å². The van der Waals surface area contributed by atoms with E-state index in [0.717, 1.165) is 5.56 Å². The highest BCUT2D eigenvalue weighted by Gasteiger charge is 2.25. The smallest absolute Gasteiger partial charge is 0.325 e. The van der Waals surface area contributed by atoms with Gasteiger partial charge in [0.2, 0.25) is 6.41 Å². The van der Waals surface area contributed by atoms with Crippen LogP contribution in [-0.4, -0.2) is 42.0 Å². The van der Waals surface area contributed by atoms with Crippen LogP contribution in [0.3, 0.4) is 0 Å². The molecule has 22 heavy (non-hydrogen) atoms. The lowest BCUT2D eigenvalue weighted by atomic mass is 10.1. The fraction of sp³-hybridized carbons (Fsp3) is 0.529. The Morgan fingerprint density at radius 3 is 2.18 bits per heavy atom. The first-order valence-electron chi connectivity index (χ1n) is 7.89. The van der Waals surface area contributed by atoms with E-state index in [1.54, 1.807) is 12.1 Å². The SMILES string of the molecule is CC.CC.CCN(CCNC=O)C(C(=O)O)c1ccccc1. The van der Waals surface area contributed by atoms with Crippen LogP contribution in [0.1, 0.15) is 46.2 Å². The number of likely N-dealkylation sites (N-methyl/N-ethyl adjacent to an activating group) is 1. The summed E-state index contributed by atoms with van der Waals surface area (Å²) in [6.07, 6.45) is 0.617. The van der Waals surface area contributed by atoms with Gasteiger partial charge in [-0.1, -0.05) is 65.0 Å². The van der Waals surface area contributed by atoms with Gasteiger partial charge < -0.3 is 10.4 Å². The Labute approximate surface area is 134 Å². The van der Waals surface area contributed by atoms with Crippen LogP contribution < -0.4 is 5.32 Å². The van der Waals surface area contributed by atoms with Crippen molar-refractivity contribution in [3.8, 4) is 0 Å². The molecule has 0 aliphatic heterocycles. The number of rotatable bonds is 8. The summed E-state index contributed by atoms with van der Waals surface area (Å²) in [7, 11) is 0. The Hall–Kier alpha value is -1.88. The minimum Gasteiger partial charge on any atom is -0.480 e. The first-order chi connectivity index (χ1) is 10.7. The highest BCUT2D eigenvalue weighted by atomic mass is 16.4. The van der Waals surface area contributed by atoms with E-state index in [1.807, 2.05) is 57.7 Å². The summed E-state index contributed by atoms with van der Waals surface area (Å²) in [5, 5.41) is 11.9. The zero-order chi connectivity index (χ0) is 17.4. The maximum absolute atomic E-state index is 11.4. The van der Waals surface area contributed by atoms with Crippen LogP contribution in [0.15, 0.2) is 30.3 Å². The molecule has 1 rings (SSSR count). The van der Waals surface area contributed by atoms with Crippen molar-refractivity contribution in [1.29, 1.82) is 0 Å². The Kier molecular flexibility index (Phi) is 15.8. The van der Waals surface area contributed by atoms with Crippen LogP contribution in [-0.2, 0) is 9.59 Å². The molecule has 5 nitrogen and oxygen atoms in total. The number of nitrogens with zero attached hydrogens (tertiary/aromatic N) is 1. The maximum atomic E-state index is 11.4. The minimum absolute atomic E-state index is 0.438. The predicted octanol–water partition coefficient (Wildman–Crippen LogP) is 2.93. The molecule has 0 aliphatic rings. The molecule has 0 spiro atoms. The first-order valence-corrected chi connectivity index (χ1v) is 7.89. The summed E-state index contributed by atoms with van der Waals surface area (Å²) < 4.78 is 0. The van der Waals surface area contributed by atoms with Gasteiger partial charge in [-0.05, 0) is 12.1 Å². The van der Waals surface area contributed by atoms with Crippen LogP contribution in [0.25, 0.3) is 0 Å².